The fourth-order valence-electron chi connectivity index (χ4n) is 7.50. The molecular formula is C38H43N4O+. The quantitative estimate of drug-likeness (QED) is 0.0746. The van der Waals surface area contributed by atoms with Crippen LogP contribution in [0.1, 0.15) is 64.5 Å². The molecule has 6 rings (SSSR count). The molecule has 2 aliphatic heterocycles. The third-order valence-corrected chi connectivity index (χ3v) is 9.60. The van der Waals surface area contributed by atoms with E-state index in [1.165, 1.54) is 55.5 Å². The van der Waals surface area contributed by atoms with Crippen molar-refractivity contribution in [1.82, 2.24) is 5.43 Å². The second kappa shape index (κ2) is 11.1. The maximum absolute atomic E-state index is 11.6. The first kappa shape index (κ1) is 28.9. The maximum Gasteiger partial charge on any atom is 0.233 e. The van der Waals surface area contributed by atoms with E-state index < -0.39 is 0 Å². The average Bonchev–Trinajstić information content (AvgIpc) is 3.35. The number of rotatable bonds is 8. The Hall–Kier alpha value is -4.22. The first-order chi connectivity index (χ1) is 20.7. The summed E-state index contributed by atoms with van der Waals surface area (Å²) >= 11 is 0. The number of allylic oxidation sites excluding steroid dienone is 4. The van der Waals surface area contributed by atoms with Gasteiger partial charge in [-0.1, -0.05) is 80.9 Å². The summed E-state index contributed by atoms with van der Waals surface area (Å²) in [6, 6.07) is 26.5. The number of benzene rings is 4. The van der Waals surface area contributed by atoms with E-state index in [2.05, 4.69) is 141 Å². The Morgan fingerprint density at radius 1 is 0.837 bits per heavy atom. The second-order valence-electron chi connectivity index (χ2n) is 13.0. The normalized spacial score (nSPS) is 17.8. The molecule has 3 N–H and O–H groups in total. The van der Waals surface area contributed by atoms with E-state index >= 15 is 0 Å². The first-order valence-corrected chi connectivity index (χ1v) is 15.5. The minimum absolute atomic E-state index is 0.0997. The Balaban J connectivity index is 1.35. The number of carbonyl (C=O) groups is 1. The van der Waals surface area contributed by atoms with Crippen molar-refractivity contribution in [1.29, 1.82) is 0 Å². The molecule has 0 unspecified atom stereocenters. The minimum Gasteiger partial charge on any atom is -0.344 e. The number of fused-ring (bicyclic) bond motifs is 6. The van der Waals surface area contributed by atoms with Gasteiger partial charge in [-0.05, 0) is 72.0 Å². The van der Waals surface area contributed by atoms with Crippen LogP contribution in [0.25, 0.3) is 21.5 Å². The Bertz CT molecular complexity index is 1820. The fourth-order valence-corrected chi connectivity index (χ4v) is 7.50. The fraction of sp³-hybridized carbons (Fsp3) is 0.316. The van der Waals surface area contributed by atoms with Crippen molar-refractivity contribution in [2.24, 2.45) is 5.84 Å². The maximum atomic E-state index is 11.6. The van der Waals surface area contributed by atoms with E-state index in [0.717, 1.165) is 25.8 Å². The van der Waals surface area contributed by atoms with E-state index in [4.69, 9.17) is 5.84 Å². The van der Waals surface area contributed by atoms with Gasteiger partial charge in [-0.25, -0.2) is 5.84 Å². The zero-order valence-corrected chi connectivity index (χ0v) is 26.1. The van der Waals surface area contributed by atoms with Crippen LogP contribution in [0.3, 0.4) is 0 Å². The Labute approximate surface area is 255 Å². The largest absolute Gasteiger partial charge is 0.344 e. The molecule has 5 heteroatoms. The number of nitrogens with zero attached hydrogens (tertiary/aromatic N) is 2. The molecule has 2 aliphatic rings. The topological polar surface area (TPSA) is 61.4 Å². The molecule has 0 atom stereocenters. The van der Waals surface area contributed by atoms with Crippen molar-refractivity contribution in [2.45, 2.75) is 64.2 Å². The standard InChI is InChI=1S/C38H42N4O/c1-37(2)32(41(5)30-23-21-26-14-8-10-16-28(26)35(30)37)18-13-19-33-38(3,4)36-29-17-11-9-15-27(29)22-24-31(36)42(33)25-12-6-7-20-34(43)40-39/h8-11,13-19,21-24H,6-7,12,20,25,39H2,1-5H3/p+1. The summed E-state index contributed by atoms with van der Waals surface area (Å²) in [4.78, 5) is 14.1. The summed E-state index contributed by atoms with van der Waals surface area (Å²) in [5.74, 6) is 5.17. The van der Waals surface area contributed by atoms with Crippen LogP contribution in [-0.4, -0.2) is 29.8 Å². The van der Waals surface area contributed by atoms with Crippen LogP contribution in [0.2, 0.25) is 0 Å². The zero-order valence-electron chi connectivity index (χ0n) is 26.1. The van der Waals surface area contributed by atoms with Gasteiger partial charge in [-0.15, -0.1) is 0 Å². The SMILES string of the molecule is C[N+]1=C(C=CC=C2N(CCCCCC(=O)NN)c3ccc4ccccc4c3C2(C)C)C(C)(C)c2c1ccc1ccccc21. The smallest absolute Gasteiger partial charge is 0.233 e. The summed E-state index contributed by atoms with van der Waals surface area (Å²) in [6.07, 6.45) is 10.2. The van der Waals surface area contributed by atoms with Crippen molar-refractivity contribution in [3.8, 4) is 0 Å². The lowest BCUT2D eigenvalue weighted by Gasteiger charge is -2.27. The number of nitrogens with two attached hydrogens (primary N) is 1. The highest BCUT2D eigenvalue weighted by Crippen LogP contribution is 2.51. The van der Waals surface area contributed by atoms with E-state index in [1.54, 1.807) is 0 Å². The highest BCUT2D eigenvalue weighted by atomic mass is 16.2. The molecule has 0 bridgehead atoms. The Morgan fingerprint density at radius 3 is 2.19 bits per heavy atom. The summed E-state index contributed by atoms with van der Waals surface area (Å²) in [5.41, 5.74) is 9.89. The summed E-state index contributed by atoms with van der Waals surface area (Å²) in [7, 11) is 2.19. The average molecular weight is 572 g/mol. The van der Waals surface area contributed by atoms with E-state index in [0.29, 0.717) is 6.42 Å². The molecule has 0 aliphatic carbocycles. The molecule has 5 nitrogen and oxygen atoms in total. The Morgan fingerprint density at radius 2 is 1.49 bits per heavy atom. The molecule has 4 aromatic carbocycles. The minimum atomic E-state index is -0.166. The number of hydrogen-bond acceptors (Lipinski definition) is 3. The van der Waals surface area contributed by atoms with Crippen LogP contribution in [0, 0.1) is 0 Å². The third-order valence-electron chi connectivity index (χ3n) is 9.60. The number of hydrazine groups is 1. The predicted molar refractivity (Wildman–Crippen MR) is 180 cm³/mol. The zero-order chi connectivity index (χ0) is 30.4. The monoisotopic (exact) mass is 571 g/mol. The van der Waals surface area contributed by atoms with Crippen molar-refractivity contribution in [3.05, 3.63) is 108 Å². The highest BCUT2D eigenvalue weighted by Gasteiger charge is 2.44. The van der Waals surface area contributed by atoms with Gasteiger partial charge in [0.25, 0.3) is 0 Å². The molecule has 2 heterocycles. The van der Waals surface area contributed by atoms with Crippen LogP contribution in [0.5, 0.6) is 0 Å². The molecule has 220 valence electrons. The van der Waals surface area contributed by atoms with Gasteiger partial charge < -0.3 is 4.90 Å². The van der Waals surface area contributed by atoms with Gasteiger partial charge >= 0.3 is 0 Å². The number of nitrogens with one attached hydrogen (secondary N) is 1. The van der Waals surface area contributed by atoms with E-state index in [-0.39, 0.29) is 16.7 Å². The molecule has 0 aromatic heterocycles. The number of unbranched alkanes of at least 4 members (excludes halogenated alkanes) is 2. The van der Waals surface area contributed by atoms with Crippen LogP contribution < -0.4 is 16.2 Å². The Kier molecular flexibility index (Phi) is 7.47. The van der Waals surface area contributed by atoms with Gasteiger partial charge in [0.2, 0.25) is 11.6 Å². The second-order valence-corrected chi connectivity index (χ2v) is 13.0. The lowest BCUT2D eigenvalue weighted by Crippen LogP contribution is -2.29. The summed E-state index contributed by atoms with van der Waals surface area (Å²) < 4.78 is 2.36. The number of hydrogen-bond donors (Lipinski definition) is 2. The van der Waals surface area contributed by atoms with Crippen molar-refractivity contribution in [3.63, 3.8) is 0 Å². The van der Waals surface area contributed by atoms with Gasteiger partial charge in [0, 0.05) is 47.5 Å². The summed E-state index contributed by atoms with van der Waals surface area (Å²) in [6.45, 7) is 10.3. The van der Waals surface area contributed by atoms with Gasteiger partial charge in [0.05, 0.1) is 5.41 Å². The molecule has 43 heavy (non-hydrogen) atoms. The van der Waals surface area contributed by atoms with Crippen LogP contribution in [0.15, 0.2) is 96.7 Å². The molecule has 0 saturated carbocycles. The molecule has 0 spiro atoms. The van der Waals surface area contributed by atoms with Crippen LogP contribution in [-0.2, 0) is 15.6 Å². The van der Waals surface area contributed by atoms with Gasteiger partial charge in [0.15, 0.2) is 5.71 Å². The molecule has 0 radical (unpaired) electrons. The highest BCUT2D eigenvalue weighted by molar-refractivity contribution is 6.07. The number of carbonyl (C=O) groups excluding carboxylic acids is 1. The van der Waals surface area contributed by atoms with E-state index in [9.17, 15) is 4.79 Å². The molecule has 4 aromatic rings. The number of amides is 1. The predicted octanol–water partition coefficient (Wildman–Crippen LogP) is 7.79. The van der Waals surface area contributed by atoms with Crippen molar-refractivity contribution < 1.29 is 9.37 Å². The molecule has 0 saturated heterocycles. The number of anilines is 1. The lowest BCUT2D eigenvalue weighted by molar-refractivity contribution is -0.401. The van der Waals surface area contributed by atoms with Crippen LogP contribution in [0.4, 0.5) is 11.4 Å². The third kappa shape index (κ3) is 4.86. The summed E-state index contributed by atoms with van der Waals surface area (Å²) in [5, 5.41) is 5.20. The van der Waals surface area contributed by atoms with Crippen molar-refractivity contribution >= 4 is 44.5 Å². The van der Waals surface area contributed by atoms with Crippen molar-refractivity contribution in [2.75, 3.05) is 18.5 Å². The first-order valence-electron chi connectivity index (χ1n) is 15.5. The molecule has 1 amide bonds. The molecular weight excluding hydrogens is 528 g/mol. The van der Waals surface area contributed by atoms with Gasteiger partial charge in [-0.2, -0.15) is 4.58 Å². The lowest BCUT2D eigenvalue weighted by atomic mass is 9.79. The van der Waals surface area contributed by atoms with Gasteiger partial charge in [-0.3, -0.25) is 10.2 Å². The van der Waals surface area contributed by atoms with Crippen LogP contribution >= 0.6 is 0 Å². The molecule has 0 fully saturated rings. The van der Waals surface area contributed by atoms with E-state index in [1.807, 2.05) is 0 Å². The van der Waals surface area contributed by atoms with Gasteiger partial charge in [0.1, 0.15) is 7.05 Å².